The molecule has 0 atom stereocenters. The number of aromatic nitrogens is 1. The molecule has 17 heavy (non-hydrogen) atoms. The van der Waals surface area contributed by atoms with Gasteiger partial charge in [-0.1, -0.05) is 29.8 Å². The molecule has 0 saturated carbocycles. The van der Waals surface area contributed by atoms with Crippen LogP contribution < -0.4 is 5.73 Å². The number of hydrogen-bond donors (Lipinski definition) is 1. The molecular weight excluding hydrogens is 256 g/mol. The predicted octanol–water partition coefficient (Wildman–Crippen LogP) is 3.07. The maximum atomic E-state index is 6.14. The number of rotatable bonds is 4. The molecule has 0 saturated heterocycles. The molecule has 0 radical (unpaired) electrons. The predicted molar refractivity (Wildman–Crippen MR) is 71.2 cm³/mol. The van der Waals surface area contributed by atoms with Crippen molar-refractivity contribution in [1.82, 2.24) is 4.98 Å². The molecule has 2 aromatic rings. The van der Waals surface area contributed by atoms with Crippen molar-refractivity contribution < 1.29 is 4.74 Å². The third-order valence-corrected chi connectivity index (χ3v) is 3.83. The number of thiazole rings is 1. The minimum Gasteiger partial charge on any atom is -0.378 e. The van der Waals surface area contributed by atoms with Crippen molar-refractivity contribution in [2.45, 2.75) is 13.2 Å². The van der Waals surface area contributed by atoms with Crippen LogP contribution in [0.25, 0.3) is 10.6 Å². The highest BCUT2D eigenvalue weighted by molar-refractivity contribution is 7.15. The first kappa shape index (κ1) is 12.5. The molecule has 5 heteroatoms. The summed E-state index contributed by atoms with van der Waals surface area (Å²) in [5.74, 6) is 0. The molecule has 0 amide bonds. The van der Waals surface area contributed by atoms with Crippen LogP contribution in [-0.4, -0.2) is 12.1 Å². The molecule has 0 aliphatic carbocycles. The van der Waals surface area contributed by atoms with Gasteiger partial charge in [-0.15, -0.1) is 11.3 Å². The highest BCUT2D eigenvalue weighted by Crippen LogP contribution is 2.32. The molecule has 0 bridgehead atoms. The van der Waals surface area contributed by atoms with Crippen LogP contribution in [0.15, 0.2) is 24.3 Å². The van der Waals surface area contributed by atoms with Gasteiger partial charge in [0.1, 0.15) is 5.01 Å². The Hall–Kier alpha value is -0.940. The Kier molecular flexibility index (Phi) is 4.12. The van der Waals surface area contributed by atoms with E-state index in [0.29, 0.717) is 18.2 Å². The van der Waals surface area contributed by atoms with Crippen LogP contribution in [0.4, 0.5) is 0 Å². The summed E-state index contributed by atoms with van der Waals surface area (Å²) in [6.07, 6.45) is 0. The summed E-state index contributed by atoms with van der Waals surface area (Å²) in [6, 6.07) is 7.66. The van der Waals surface area contributed by atoms with Gasteiger partial charge in [0.2, 0.25) is 0 Å². The third kappa shape index (κ3) is 2.66. The molecule has 3 nitrogen and oxygen atoms in total. The summed E-state index contributed by atoms with van der Waals surface area (Å²) in [6.45, 7) is 0.953. The summed E-state index contributed by atoms with van der Waals surface area (Å²) < 4.78 is 5.11. The lowest BCUT2D eigenvalue weighted by atomic mass is 10.2. The van der Waals surface area contributed by atoms with Gasteiger partial charge in [-0.25, -0.2) is 4.98 Å². The Morgan fingerprint density at radius 1 is 1.41 bits per heavy atom. The lowest BCUT2D eigenvalue weighted by molar-refractivity contribution is 0.181. The van der Waals surface area contributed by atoms with Crippen molar-refractivity contribution in [2.75, 3.05) is 7.11 Å². The highest BCUT2D eigenvalue weighted by atomic mass is 35.5. The molecular formula is C12H13ClN2OS. The van der Waals surface area contributed by atoms with E-state index in [1.807, 2.05) is 24.3 Å². The van der Waals surface area contributed by atoms with Gasteiger partial charge in [0.15, 0.2) is 0 Å². The SMILES string of the molecule is COCc1nc(-c2ccccc2Cl)sc1CN. The van der Waals surface area contributed by atoms with Gasteiger partial charge in [-0.3, -0.25) is 0 Å². The zero-order valence-electron chi connectivity index (χ0n) is 9.44. The van der Waals surface area contributed by atoms with Crippen molar-refractivity contribution in [3.05, 3.63) is 39.9 Å². The normalized spacial score (nSPS) is 10.8. The number of halogens is 1. The molecule has 2 rings (SSSR count). The van der Waals surface area contributed by atoms with Gasteiger partial charge in [0, 0.05) is 24.1 Å². The van der Waals surface area contributed by atoms with Crippen molar-refractivity contribution in [3.63, 3.8) is 0 Å². The van der Waals surface area contributed by atoms with E-state index >= 15 is 0 Å². The van der Waals surface area contributed by atoms with Crippen LogP contribution in [0.2, 0.25) is 5.02 Å². The fourth-order valence-corrected chi connectivity index (χ4v) is 2.81. The molecule has 0 unspecified atom stereocenters. The van der Waals surface area contributed by atoms with Gasteiger partial charge < -0.3 is 10.5 Å². The zero-order valence-corrected chi connectivity index (χ0v) is 11.0. The Labute approximate surface area is 109 Å². The molecule has 0 fully saturated rings. The maximum absolute atomic E-state index is 6.14. The number of nitrogens with two attached hydrogens (primary N) is 1. The van der Waals surface area contributed by atoms with Gasteiger partial charge in [-0.05, 0) is 6.07 Å². The molecule has 0 aliphatic heterocycles. The Morgan fingerprint density at radius 3 is 2.82 bits per heavy atom. The number of ether oxygens (including phenoxy) is 1. The van der Waals surface area contributed by atoms with Crippen LogP contribution >= 0.6 is 22.9 Å². The molecule has 90 valence electrons. The fourth-order valence-electron chi connectivity index (χ4n) is 1.54. The summed E-state index contributed by atoms with van der Waals surface area (Å²) in [5, 5.41) is 1.59. The van der Waals surface area contributed by atoms with Crippen molar-refractivity contribution >= 4 is 22.9 Å². The number of hydrogen-bond acceptors (Lipinski definition) is 4. The van der Waals surface area contributed by atoms with E-state index in [9.17, 15) is 0 Å². The van der Waals surface area contributed by atoms with Crippen molar-refractivity contribution in [2.24, 2.45) is 5.73 Å². The molecule has 0 aliphatic rings. The van der Waals surface area contributed by atoms with E-state index in [-0.39, 0.29) is 0 Å². The van der Waals surface area contributed by atoms with E-state index < -0.39 is 0 Å². The monoisotopic (exact) mass is 268 g/mol. The van der Waals surface area contributed by atoms with Crippen molar-refractivity contribution in [1.29, 1.82) is 0 Å². The molecule has 1 heterocycles. The third-order valence-electron chi connectivity index (χ3n) is 2.35. The molecule has 2 N–H and O–H groups in total. The fraction of sp³-hybridized carbons (Fsp3) is 0.250. The second-order valence-corrected chi connectivity index (χ2v) is 5.00. The highest BCUT2D eigenvalue weighted by Gasteiger charge is 2.13. The van der Waals surface area contributed by atoms with Crippen LogP contribution in [0.1, 0.15) is 10.6 Å². The maximum Gasteiger partial charge on any atom is 0.125 e. The molecule has 1 aromatic heterocycles. The topological polar surface area (TPSA) is 48.1 Å². The minimum atomic E-state index is 0.473. The van der Waals surface area contributed by atoms with Gasteiger partial charge in [0.25, 0.3) is 0 Å². The first-order chi connectivity index (χ1) is 8.26. The van der Waals surface area contributed by atoms with Crippen molar-refractivity contribution in [3.8, 4) is 10.6 Å². The van der Waals surface area contributed by atoms with Gasteiger partial charge in [0.05, 0.1) is 17.3 Å². The first-order valence-corrected chi connectivity index (χ1v) is 6.38. The summed E-state index contributed by atoms with van der Waals surface area (Å²) in [5.41, 5.74) is 7.53. The Morgan fingerprint density at radius 2 is 2.18 bits per heavy atom. The smallest absolute Gasteiger partial charge is 0.125 e. The second-order valence-electron chi connectivity index (χ2n) is 3.51. The average Bonchev–Trinajstić information content (AvgIpc) is 2.73. The zero-order chi connectivity index (χ0) is 12.3. The molecule has 0 spiro atoms. The Balaban J connectivity index is 2.43. The van der Waals surface area contributed by atoms with E-state index in [0.717, 1.165) is 21.1 Å². The quantitative estimate of drug-likeness (QED) is 0.927. The first-order valence-electron chi connectivity index (χ1n) is 5.18. The van der Waals surface area contributed by atoms with Crippen LogP contribution in [-0.2, 0) is 17.9 Å². The lowest BCUT2D eigenvalue weighted by Crippen LogP contribution is -1.99. The van der Waals surface area contributed by atoms with E-state index in [4.69, 9.17) is 22.1 Å². The van der Waals surface area contributed by atoms with Crippen LogP contribution in [0.3, 0.4) is 0 Å². The van der Waals surface area contributed by atoms with Gasteiger partial charge >= 0.3 is 0 Å². The summed E-state index contributed by atoms with van der Waals surface area (Å²) in [4.78, 5) is 5.57. The number of nitrogens with zero attached hydrogens (tertiary/aromatic N) is 1. The Bertz CT molecular complexity index is 513. The van der Waals surface area contributed by atoms with E-state index in [1.165, 1.54) is 0 Å². The number of methoxy groups -OCH3 is 1. The number of benzene rings is 1. The van der Waals surface area contributed by atoms with E-state index in [2.05, 4.69) is 4.98 Å². The second kappa shape index (κ2) is 5.60. The molecule has 1 aromatic carbocycles. The summed E-state index contributed by atoms with van der Waals surface area (Å²) in [7, 11) is 1.65. The largest absolute Gasteiger partial charge is 0.378 e. The summed E-state index contributed by atoms with van der Waals surface area (Å²) >= 11 is 7.71. The van der Waals surface area contributed by atoms with Gasteiger partial charge in [-0.2, -0.15) is 0 Å². The average molecular weight is 269 g/mol. The lowest BCUT2D eigenvalue weighted by Gasteiger charge is -1.98. The van der Waals surface area contributed by atoms with Crippen LogP contribution in [0.5, 0.6) is 0 Å². The van der Waals surface area contributed by atoms with Crippen LogP contribution in [0, 0.1) is 0 Å². The van der Waals surface area contributed by atoms with E-state index in [1.54, 1.807) is 18.4 Å². The standard InChI is InChI=1S/C12H13ClN2OS/c1-16-7-10-11(6-14)17-12(15-10)8-4-2-3-5-9(8)13/h2-5H,6-7,14H2,1H3. The minimum absolute atomic E-state index is 0.473.